The van der Waals surface area contributed by atoms with Crippen molar-refractivity contribution in [3.05, 3.63) is 0 Å². The molecule has 0 aromatic carbocycles. The lowest BCUT2D eigenvalue weighted by Crippen LogP contribution is -2.32. The number of hydrogen-bond acceptors (Lipinski definition) is 11. The van der Waals surface area contributed by atoms with Gasteiger partial charge in [0.05, 0.1) is 119 Å². The van der Waals surface area contributed by atoms with Crippen molar-refractivity contribution < 1.29 is 48.1 Å². The first-order valence-corrected chi connectivity index (χ1v) is 15.9. The molecule has 0 radical (unpaired) electrons. The minimum absolute atomic E-state index is 0.0337. The summed E-state index contributed by atoms with van der Waals surface area (Å²) in [6, 6.07) is 0. The van der Waals surface area contributed by atoms with Crippen LogP contribution in [0.5, 0.6) is 0 Å². The molecule has 0 aliphatic carbocycles. The average Bonchev–Trinajstić information content (AvgIpc) is 2.98. The van der Waals surface area contributed by atoms with E-state index in [9.17, 15) is 0 Å². The third-order valence-electron chi connectivity index (χ3n) is 6.13. The van der Waals surface area contributed by atoms with Crippen LogP contribution in [0.1, 0.15) is 58.3 Å². The monoisotopic (exact) mass is 597 g/mol. The molecule has 0 rings (SSSR count). The smallest absolute Gasteiger partial charge is 0.0701 e. The number of unbranched alkanes of at least 4 members (excludes halogenated alkanes) is 7. The Labute approximate surface area is 250 Å². The van der Waals surface area contributed by atoms with Crippen LogP contribution in [0.2, 0.25) is 0 Å². The molecule has 0 aliphatic rings. The van der Waals surface area contributed by atoms with Crippen molar-refractivity contribution in [1.29, 1.82) is 0 Å². The van der Waals surface area contributed by atoms with E-state index in [0.717, 1.165) is 19.6 Å². The molecule has 0 heterocycles. The van der Waals surface area contributed by atoms with E-state index in [4.69, 9.17) is 48.1 Å². The van der Waals surface area contributed by atoms with Gasteiger partial charge < -0.3 is 48.1 Å². The topological polar surface area (TPSA) is 118 Å². The van der Waals surface area contributed by atoms with Crippen LogP contribution in [0.3, 0.4) is 0 Å². The normalized spacial score (nSPS) is 11.7. The van der Waals surface area contributed by atoms with Gasteiger partial charge in [0.15, 0.2) is 0 Å². The zero-order valence-corrected chi connectivity index (χ0v) is 26.1. The van der Waals surface area contributed by atoms with E-state index in [1.165, 1.54) is 51.4 Å². The molecular formula is C30H63NO10. The van der Waals surface area contributed by atoms with Gasteiger partial charge in [-0.15, -0.1) is 0 Å². The Morgan fingerprint density at radius 3 is 0.976 bits per heavy atom. The summed E-state index contributed by atoms with van der Waals surface area (Å²) in [5.74, 6) is 0. The van der Waals surface area contributed by atoms with Crippen molar-refractivity contribution in [3.8, 4) is 0 Å². The fraction of sp³-hybridized carbons (Fsp3) is 1.00. The van der Waals surface area contributed by atoms with Crippen molar-refractivity contribution in [3.63, 3.8) is 0 Å². The molecule has 0 aromatic rings. The van der Waals surface area contributed by atoms with Gasteiger partial charge in [0.1, 0.15) is 0 Å². The second-order valence-electron chi connectivity index (χ2n) is 9.66. The van der Waals surface area contributed by atoms with Crippen LogP contribution in [-0.4, -0.2) is 154 Å². The van der Waals surface area contributed by atoms with Gasteiger partial charge in [-0.3, -0.25) is 4.90 Å². The van der Waals surface area contributed by atoms with Crippen molar-refractivity contribution in [2.75, 3.05) is 139 Å². The van der Waals surface area contributed by atoms with Gasteiger partial charge in [0.25, 0.3) is 0 Å². The summed E-state index contributed by atoms with van der Waals surface area (Å²) in [6.07, 6.45) is 10.5. The second kappa shape index (κ2) is 37.6. The fourth-order valence-corrected chi connectivity index (χ4v) is 3.84. The van der Waals surface area contributed by atoms with Crippen LogP contribution < -0.4 is 0 Å². The van der Waals surface area contributed by atoms with Crippen LogP contribution in [-0.2, 0) is 37.9 Å². The van der Waals surface area contributed by atoms with Crippen LogP contribution >= 0.6 is 0 Å². The van der Waals surface area contributed by atoms with E-state index < -0.39 is 0 Å². The quantitative estimate of drug-likeness (QED) is 0.103. The Balaban J connectivity index is 3.83. The Kier molecular flexibility index (Phi) is 37.2. The molecule has 0 amide bonds. The Hall–Kier alpha value is -0.440. The second-order valence-corrected chi connectivity index (χ2v) is 9.66. The molecule has 0 atom stereocenters. The maximum absolute atomic E-state index is 8.64. The predicted octanol–water partition coefficient (Wildman–Crippen LogP) is 2.55. The van der Waals surface area contributed by atoms with E-state index in [-0.39, 0.29) is 13.2 Å². The molecule has 11 nitrogen and oxygen atoms in total. The van der Waals surface area contributed by atoms with E-state index in [0.29, 0.717) is 106 Å². The van der Waals surface area contributed by atoms with E-state index in [1.807, 2.05) is 0 Å². The maximum Gasteiger partial charge on any atom is 0.0701 e. The van der Waals surface area contributed by atoms with Gasteiger partial charge in [0, 0.05) is 13.1 Å². The Morgan fingerprint density at radius 2 is 0.634 bits per heavy atom. The summed E-state index contributed by atoms with van der Waals surface area (Å²) in [5.41, 5.74) is 0. The number of nitrogens with zero attached hydrogens (tertiary/aromatic N) is 1. The first-order chi connectivity index (χ1) is 20.3. The summed E-state index contributed by atoms with van der Waals surface area (Å²) in [5, 5.41) is 17.3. The number of rotatable bonds is 37. The van der Waals surface area contributed by atoms with Gasteiger partial charge >= 0.3 is 0 Å². The van der Waals surface area contributed by atoms with Crippen LogP contribution in [0.4, 0.5) is 0 Å². The van der Waals surface area contributed by atoms with Gasteiger partial charge in [-0.05, 0) is 13.0 Å². The van der Waals surface area contributed by atoms with Gasteiger partial charge in [-0.2, -0.15) is 0 Å². The Morgan fingerprint density at radius 1 is 0.341 bits per heavy atom. The third-order valence-corrected chi connectivity index (χ3v) is 6.13. The molecule has 0 bridgehead atoms. The van der Waals surface area contributed by atoms with Crippen LogP contribution in [0.25, 0.3) is 0 Å². The van der Waals surface area contributed by atoms with E-state index in [1.54, 1.807) is 0 Å². The summed E-state index contributed by atoms with van der Waals surface area (Å²) in [4.78, 5) is 2.43. The van der Waals surface area contributed by atoms with Crippen LogP contribution in [0, 0.1) is 0 Å². The van der Waals surface area contributed by atoms with E-state index >= 15 is 0 Å². The Bertz CT molecular complexity index is 435. The number of aliphatic hydroxyl groups is 2. The molecule has 0 saturated carbocycles. The van der Waals surface area contributed by atoms with Crippen molar-refractivity contribution in [1.82, 2.24) is 4.90 Å². The number of aliphatic hydroxyl groups excluding tert-OH is 2. The zero-order chi connectivity index (χ0) is 29.7. The van der Waals surface area contributed by atoms with Gasteiger partial charge in [-0.25, -0.2) is 0 Å². The number of ether oxygens (including phenoxy) is 8. The molecule has 0 aliphatic heterocycles. The van der Waals surface area contributed by atoms with E-state index in [2.05, 4.69) is 11.8 Å². The minimum Gasteiger partial charge on any atom is -0.394 e. The molecule has 2 N–H and O–H groups in total. The maximum atomic E-state index is 8.64. The first kappa shape index (κ1) is 40.6. The minimum atomic E-state index is 0.0337. The number of hydrogen-bond donors (Lipinski definition) is 2. The highest BCUT2D eigenvalue weighted by atomic mass is 16.6. The summed E-state index contributed by atoms with van der Waals surface area (Å²) >= 11 is 0. The van der Waals surface area contributed by atoms with Crippen LogP contribution in [0.15, 0.2) is 0 Å². The molecule has 0 unspecified atom stereocenters. The molecule has 41 heavy (non-hydrogen) atoms. The highest BCUT2D eigenvalue weighted by Gasteiger charge is 2.06. The molecule has 248 valence electrons. The predicted molar refractivity (Wildman–Crippen MR) is 160 cm³/mol. The summed E-state index contributed by atoms with van der Waals surface area (Å²) in [7, 11) is 0. The lowest BCUT2D eigenvalue weighted by Gasteiger charge is -2.22. The van der Waals surface area contributed by atoms with Gasteiger partial charge in [0.2, 0.25) is 0 Å². The van der Waals surface area contributed by atoms with Gasteiger partial charge in [-0.1, -0.05) is 51.9 Å². The molecule has 11 heteroatoms. The summed E-state index contributed by atoms with van der Waals surface area (Å²) < 4.78 is 43.8. The zero-order valence-electron chi connectivity index (χ0n) is 26.1. The average molecular weight is 598 g/mol. The molecule has 0 saturated heterocycles. The fourth-order valence-electron chi connectivity index (χ4n) is 3.84. The standard InChI is InChI=1S/C30H63NO10/c1-2-3-4-5-6-7-8-9-10-31(11-15-34-19-23-38-27-29-40-25-21-36-17-13-32)12-16-35-20-24-39-28-30-41-26-22-37-18-14-33/h32-33H,2-30H2,1H3. The van der Waals surface area contributed by atoms with Crippen molar-refractivity contribution in [2.24, 2.45) is 0 Å². The summed E-state index contributed by atoms with van der Waals surface area (Å²) in [6.45, 7) is 13.5. The lowest BCUT2D eigenvalue weighted by molar-refractivity contribution is -0.0113. The molecule has 0 aromatic heterocycles. The van der Waals surface area contributed by atoms with Crippen molar-refractivity contribution >= 4 is 0 Å². The molecule has 0 spiro atoms. The highest BCUT2D eigenvalue weighted by Crippen LogP contribution is 2.09. The first-order valence-electron chi connectivity index (χ1n) is 15.9. The van der Waals surface area contributed by atoms with Crippen molar-refractivity contribution in [2.45, 2.75) is 58.3 Å². The molecular weight excluding hydrogens is 534 g/mol. The SMILES string of the molecule is CCCCCCCCCCN(CCOCCOCCOCCOCCO)CCOCCOCCOCCOCCO. The lowest BCUT2D eigenvalue weighted by atomic mass is 10.1. The molecule has 0 fully saturated rings. The third kappa shape index (κ3) is 35.7. The largest absolute Gasteiger partial charge is 0.394 e. The highest BCUT2D eigenvalue weighted by molar-refractivity contribution is 4.59.